The minimum atomic E-state index is 0.316. The van der Waals surface area contributed by atoms with Gasteiger partial charge in [0.2, 0.25) is 6.79 Å². The van der Waals surface area contributed by atoms with Gasteiger partial charge in [0.15, 0.2) is 11.5 Å². The third-order valence-electron chi connectivity index (χ3n) is 4.12. The normalized spacial score (nSPS) is 19.7. The molecule has 0 bridgehead atoms. The van der Waals surface area contributed by atoms with E-state index in [0.717, 1.165) is 29.1 Å². The number of piperidine rings is 1. The van der Waals surface area contributed by atoms with Gasteiger partial charge in [-0.25, -0.2) is 0 Å². The summed E-state index contributed by atoms with van der Waals surface area (Å²) in [4.78, 5) is 2.57. The summed E-state index contributed by atoms with van der Waals surface area (Å²) in [6, 6.07) is 4.66. The van der Waals surface area contributed by atoms with Crippen molar-refractivity contribution in [1.82, 2.24) is 10.2 Å². The van der Waals surface area contributed by atoms with Gasteiger partial charge in [-0.3, -0.25) is 0 Å². The zero-order valence-corrected chi connectivity index (χ0v) is 14.1. The maximum Gasteiger partial charge on any atom is 0.231 e. The van der Waals surface area contributed by atoms with E-state index in [1.54, 1.807) is 0 Å². The minimum absolute atomic E-state index is 0.316. The summed E-state index contributed by atoms with van der Waals surface area (Å²) in [5.41, 5.74) is 1.22. The lowest BCUT2D eigenvalue weighted by atomic mass is 10.1. The van der Waals surface area contributed by atoms with Crippen LogP contribution in [0.15, 0.2) is 16.6 Å². The van der Waals surface area contributed by atoms with Crippen LogP contribution in [0.3, 0.4) is 0 Å². The second kappa shape index (κ2) is 6.99. The zero-order chi connectivity index (χ0) is 14.7. The average Bonchev–Trinajstić information content (AvgIpc) is 2.95. The monoisotopic (exact) mass is 354 g/mol. The van der Waals surface area contributed by atoms with E-state index in [4.69, 9.17) is 9.47 Å². The summed E-state index contributed by atoms with van der Waals surface area (Å²) < 4.78 is 11.8. The van der Waals surface area contributed by atoms with Gasteiger partial charge in [0.05, 0.1) is 4.47 Å². The molecule has 1 atom stereocenters. The van der Waals surface area contributed by atoms with Crippen LogP contribution in [0.4, 0.5) is 0 Å². The molecule has 21 heavy (non-hydrogen) atoms. The summed E-state index contributed by atoms with van der Waals surface area (Å²) in [6.07, 6.45) is 4.09. The Balaban J connectivity index is 1.51. The van der Waals surface area contributed by atoms with Crippen LogP contribution in [-0.2, 0) is 6.54 Å². The van der Waals surface area contributed by atoms with Crippen molar-refractivity contribution in [3.63, 3.8) is 0 Å². The highest BCUT2D eigenvalue weighted by Crippen LogP contribution is 2.39. The minimum Gasteiger partial charge on any atom is -0.454 e. The molecule has 0 radical (unpaired) electrons. The molecule has 1 unspecified atom stereocenters. The van der Waals surface area contributed by atoms with E-state index in [0.29, 0.717) is 12.8 Å². The maximum atomic E-state index is 5.46. The van der Waals surface area contributed by atoms with Gasteiger partial charge in [-0.15, -0.1) is 0 Å². The number of nitrogens with zero attached hydrogens (tertiary/aromatic N) is 1. The van der Waals surface area contributed by atoms with Crippen LogP contribution < -0.4 is 14.8 Å². The highest BCUT2D eigenvalue weighted by atomic mass is 79.9. The number of nitrogens with one attached hydrogen (secondary N) is 1. The fourth-order valence-corrected chi connectivity index (χ4v) is 3.61. The lowest BCUT2D eigenvalue weighted by Gasteiger charge is -2.29. The molecule has 2 aliphatic heterocycles. The van der Waals surface area contributed by atoms with Gasteiger partial charge in [0.1, 0.15) is 0 Å². The molecule has 0 amide bonds. The van der Waals surface area contributed by atoms with Gasteiger partial charge >= 0.3 is 0 Å². The van der Waals surface area contributed by atoms with Gasteiger partial charge in [0, 0.05) is 19.1 Å². The predicted octanol–water partition coefficient (Wildman–Crippen LogP) is 3.14. The Kier molecular flexibility index (Phi) is 5.03. The molecule has 5 heteroatoms. The van der Waals surface area contributed by atoms with Crippen LogP contribution in [0.5, 0.6) is 11.5 Å². The van der Waals surface area contributed by atoms with Gasteiger partial charge in [-0.1, -0.05) is 6.42 Å². The second-order valence-corrected chi connectivity index (χ2v) is 6.81. The Bertz CT molecular complexity index is 489. The molecule has 1 aromatic rings. The molecule has 1 aromatic carbocycles. The van der Waals surface area contributed by atoms with Crippen molar-refractivity contribution in [2.24, 2.45) is 0 Å². The molecule has 2 heterocycles. The highest BCUT2D eigenvalue weighted by Gasteiger charge is 2.18. The molecule has 4 nitrogen and oxygen atoms in total. The number of fused-ring (bicyclic) bond motifs is 1. The van der Waals surface area contributed by atoms with Crippen LogP contribution in [0.1, 0.15) is 31.7 Å². The van der Waals surface area contributed by atoms with Crippen LogP contribution in [0, 0.1) is 0 Å². The molecule has 1 fully saturated rings. The van der Waals surface area contributed by atoms with E-state index in [2.05, 4.69) is 45.2 Å². The fraction of sp³-hybridized carbons (Fsp3) is 0.625. The smallest absolute Gasteiger partial charge is 0.231 e. The lowest BCUT2D eigenvalue weighted by Crippen LogP contribution is -2.41. The number of likely N-dealkylation sites (tertiary alicyclic amines) is 1. The molecule has 0 spiro atoms. The average molecular weight is 355 g/mol. The molecule has 3 rings (SSSR count). The first-order valence-corrected chi connectivity index (χ1v) is 8.55. The molecular weight excluding hydrogens is 332 g/mol. The third kappa shape index (κ3) is 3.90. The van der Waals surface area contributed by atoms with Crippen LogP contribution in [0.2, 0.25) is 0 Å². The van der Waals surface area contributed by atoms with E-state index >= 15 is 0 Å². The van der Waals surface area contributed by atoms with E-state index in [1.165, 1.54) is 37.9 Å². The zero-order valence-electron chi connectivity index (χ0n) is 12.5. The van der Waals surface area contributed by atoms with Crippen LogP contribution >= 0.6 is 15.9 Å². The van der Waals surface area contributed by atoms with Crippen molar-refractivity contribution in [1.29, 1.82) is 0 Å². The SMILES string of the molecule is CC(CN1CCCCC1)NCc1cc(Br)c2c(c1)OCO2. The van der Waals surface area contributed by atoms with Gasteiger partial charge in [-0.05, 0) is 66.5 Å². The third-order valence-corrected chi connectivity index (χ3v) is 4.71. The Hall–Kier alpha value is -0.780. The number of benzene rings is 1. The topological polar surface area (TPSA) is 33.7 Å². The standard InChI is InChI=1S/C16H23BrN2O2/c1-12(10-19-5-3-2-4-6-19)18-9-13-7-14(17)16-15(8-13)20-11-21-16/h7-8,12,18H,2-6,9-11H2,1H3. The Morgan fingerprint density at radius 1 is 1.24 bits per heavy atom. The number of halogens is 1. The number of hydrogen-bond acceptors (Lipinski definition) is 4. The van der Waals surface area contributed by atoms with Gasteiger partial charge < -0.3 is 19.7 Å². The van der Waals surface area contributed by atoms with Crippen molar-refractivity contribution in [2.45, 2.75) is 38.8 Å². The predicted molar refractivity (Wildman–Crippen MR) is 86.9 cm³/mol. The summed E-state index contributed by atoms with van der Waals surface area (Å²) in [5.74, 6) is 1.66. The molecule has 1 N–H and O–H groups in total. The van der Waals surface area contributed by atoms with E-state index < -0.39 is 0 Å². The molecule has 2 aliphatic rings. The first kappa shape index (κ1) is 15.1. The molecule has 116 valence electrons. The Labute approximate surface area is 134 Å². The van der Waals surface area contributed by atoms with Crippen molar-refractivity contribution in [2.75, 3.05) is 26.4 Å². The molecule has 0 aliphatic carbocycles. The molecular formula is C16H23BrN2O2. The Morgan fingerprint density at radius 2 is 2.05 bits per heavy atom. The van der Waals surface area contributed by atoms with E-state index in [9.17, 15) is 0 Å². The highest BCUT2D eigenvalue weighted by molar-refractivity contribution is 9.10. The summed E-state index contributed by atoms with van der Waals surface area (Å²) in [7, 11) is 0. The summed E-state index contributed by atoms with van der Waals surface area (Å²) in [5, 5.41) is 3.61. The Morgan fingerprint density at radius 3 is 2.86 bits per heavy atom. The van der Waals surface area contributed by atoms with Gasteiger partial charge in [-0.2, -0.15) is 0 Å². The molecule has 0 saturated carbocycles. The van der Waals surface area contributed by atoms with Gasteiger partial charge in [0.25, 0.3) is 0 Å². The summed E-state index contributed by atoms with van der Waals surface area (Å²) in [6.45, 7) is 7.06. The number of hydrogen-bond donors (Lipinski definition) is 1. The van der Waals surface area contributed by atoms with Crippen LogP contribution in [-0.4, -0.2) is 37.4 Å². The van der Waals surface area contributed by atoms with Crippen molar-refractivity contribution in [3.8, 4) is 11.5 Å². The van der Waals surface area contributed by atoms with Crippen molar-refractivity contribution < 1.29 is 9.47 Å². The quantitative estimate of drug-likeness (QED) is 0.880. The molecule has 0 aromatic heterocycles. The first-order chi connectivity index (χ1) is 10.2. The number of rotatable bonds is 5. The summed E-state index contributed by atoms with van der Waals surface area (Å²) >= 11 is 3.54. The maximum absolute atomic E-state index is 5.46. The van der Waals surface area contributed by atoms with Crippen LogP contribution in [0.25, 0.3) is 0 Å². The van der Waals surface area contributed by atoms with Crippen molar-refractivity contribution >= 4 is 15.9 Å². The lowest BCUT2D eigenvalue weighted by molar-refractivity contribution is 0.173. The largest absolute Gasteiger partial charge is 0.454 e. The first-order valence-electron chi connectivity index (χ1n) is 7.76. The fourth-order valence-electron chi connectivity index (χ4n) is 3.01. The number of ether oxygens (including phenoxy) is 2. The van der Waals surface area contributed by atoms with Crippen molar-refractivity contribution in [3.05, 3.63) is 22.2 Å². The van der Waals surface area contributed by atoms with E-state index in [-0.39, 0.29) is 0 Å². The second-order valence-electron chi connectivity index (χ2n) is 5.95. The van der Waals surface area contributed by atoms with E-state index in [1.807, 2.05) is 0 Å². The molecule has 1 saturated heterocycles.